The van der Waals surface area contributed by atoms with Crippen molar-refractivity contribution in [1.82, 2.24) is 14.8 Å². The summed E-state index contributed by atoms with van der Waals surface area (Å²) >= 11 is 0. The summed E-state index contributed by atoms with van der Waals surface area (Å²) in [5.41, 5.74) is 1.43. The van der Waals surface area contributed by atoms with Crippen molar-refractivity contribution in [3.63, 3.8) is 0 Å². The van der Waals surface area contributed by atoms with Gasteiger partial charge in [-0.3, -0.25) is 0 Å². The summed E-state index contributed by atoms with van der Waals surface area (Å²) in [5, 5.41) is 9.10. The van der Waals surface area contributed by atoms with Gasteiger partial charge in [-0.15, -0.1) is 10.2 Å². The molecule has 1 aliphatic carbocycles. The molecular weight excluding hydrogens is 290 g/mol. The van der Waals surface area contributed by atoms with Gasteiger partial charge in [0, 0.05) is 25.8 Å². The van der Waals surface area contributed by atoms with Crippen molar-refractivity contribution in [2.24, 2.45) is 0 Å². The maximum atomic E-state index is 5.90. The average molecular weight is 311 g/mol. The van der Waals surface area contributed by atoms with E-state index in [1.54, 1.807) is 0 Å². The lowest BCUT2D eigenvalue weighted by atomic mass is 9.95. The van der Waals surface area contributed by atoms with Crippen LogP contribution in [0.1, 0.15) is 42.9 Å². The molecule has 0 bridgehead atoms. The fourth-order valence-corrected chi connectivity index (χ4v) is 4.13. The molecule has 2 aliphatic heterocycles. The van der Waals surface area contributed by atoms with Crippen LogP contribution in [0.5, 0.6) is 0 Å². The topological polar surface area (TPSA) is 49.2 Å². The molecular formula is C18H21N3O2. The van der Waals surface area contributed by atoms with Crippen molar-refractivity contribution in [3.05, 3.63) is 47.5 Å². The quantitative estimate of drug-likeness (QED) is 0.855. The molecule has 1 spiro atoms. The summed E-state index contributed by atoms with van der Waals surface area (Å²) in [6, 6.07) is 10.7. The Morgan fingerprint density at radius 3 is 2.43 bits per heavy atom. The van der Waals surface area contributed by atoms with Gasteiger partial charge in [0.1, 0.15) is 11.6 Å². The molecule has 3 aliphatic rings. The molecule has 5 rings (SSSR count). The lowest BCUT2D eigenvalue weighted by molar-refractivity contribution is -0.166. The molecule has 23 heavy (non-hydrogen) atoms. The molecule has 5 nitrogen and oxygen atoms in total. The van der Waals surface area contributed by atoms with Gasteiger partial charge in [-0.2, -0.15) is 0 Å². The highest BCUT2D eigenvalue weighted by atomic mass is 16.7. The van der Waals surface area contributed by atoms with E-state index in [1.165, 1.54) is 5.56 Å². The third-order valence-corrected chi connectivity index (χ3v) is 5.59. The second-order valence-electron chi connectivity index (χ2n) is 6.90. The fourth-order valence-electron chi connectivity index (χ4n) is 4.13. The van der Waals surface area contributed by atoms with E-state index in [4.69, 9.17) is 9.47 Å². The Balaban J connectivity index is 1.50. The van der Waals surface area contributed by atoms with Crippen LogP contribution < -0.4 is 0 Å². The van der Waals surface area contributed by atoms with Crippen LogP contribution in [0, 0.1) is 0 Å². The minimum Gasteiger partial charge on any atom is -0.347 e. The highest BCUT2D eigenvalue weighted by molar-refractivity contribution is 5.39. The van der Waals surface area contributed by atoms with E-state index in [0.717, 1.165) is 50.3 Å². The average Bonchev–Trinajstić information content (AvgIpc) is 3.15. The molecule has 1 saturated carbocycles. The minimum atomic E-state index is -0.387. The number of hydrogen-bond acceptors (Lipinski definition) is 4. The Hall–Kier alpha value is -1.72. The maximum absolute atomic E-state index is 5.90. The Morgan fingerprint density at radius 2 is 1.70 bits per heavy atom. The van der Waals surface area contributed by atoms with Crippen molar-refractivity contribution >= 4 is 0 Å². The number of aryl methyl sites for hydroxylation is 1. The highest BCUT2D eigenvalue weighted by Gasteiger charge is 2.51. The number of fused-ring (bicyclic) bond motifs is 1. The Labute approximate surface area is 135 Å². The molecule has 5 heteroatoms. The van der Waals surface area contributed by atoms with Crippen molar-refractivity contribution in [1.29, 1.82) is 0 Å². The normalized spacial score (nSPS) is 24.3. The fraction of sp³-hybridized carbons (Fsp3) is 0.556. The van der Waals surface area contributed by atoms with Crippen LogP contribution in [-0.2, 0) is 27.9 Å². The molecule has 0 atom stereocenters. The van der Waals surface area contributed by atoms with Crippen LogP contribution in [0.2, 0.25) is 0 Å². The number of rotatable bonds is 2. The molecule has 0 unspecified atom stereocenters. The van der Waals surface area contributed by atoms with Gasteiger partial charge in [0.05, 0.1) is 18.6 Å². The molecule has 1 aromatic carbocycles. The molecule has 0 radical (unpaired) electrons. The monoisotopic (exact) mass is 311 g/mol. The van der Waals surface area contributed by atoms with Gasteiger partial charge in [0.25, 0.3) is 0 Å². The van der Waals surface area contributed by atoms with Gasteiger partial charge in [-0.1, -0.05) is 30.3 Å². The molecule has 3 heterocycles. The van der Waals surface area contributed by atoms with Gasteiger partial charge in [-0.05, 0) is 18.4 Å². The second-order valence-corrected chi connectivity index (χ2v) is 6.90. The molecule has 120 valence electrons. The number of ether oxygens (including phenoxy) is 2. The summed E-state index contributed by atoms with van der Waals surface area (Å²) in [4.78, 5) is 0. The zero-order chi connectivity index (χ0) is 15.3. The lowest BCUT2D eigenvalue weighted by Crippen LogP contribution is -2.30. The summed E-state index contributed by atoms with van der Waals surface area (Å²) < 4.78 is 14.1. The Morgan fingerprint density at radius 1 is 0.913 bits per heavy atom. The van der Waals surface area contributed by atoms with Crippen molar-refractivity contribution < 1.29 is 9.47 Å². The smallest absolute Gasteiger partial charge is 0.170 e. The van der Waals surface area contributed by atoms with Crippen LogP contribution in [0.3, 0.4) is 0 Å². The van der Waals surface area contributed by atoms with Gasteiger partial charge < -0.3 is 14.0 Å². The van der Waals surface area contributed by atoms with E-state index in [2.05, 4.69) is 45.1 Å². The standard InChI is InChI=1S/C18H21N3O2/c1-2-4-14(5-3-1)17(8-9-17)16-20-19-15-6-7-18(10-11-21(15)16)22-12-13-23-18/h1-5H,6-13H2. The van der Waals surface area contributed by atoms with Crippen LogP contribution in [0.15, 0.2) is 30.3 Å². The first-order valence-electron chi connectivity index (χ1n) is 8.57. The summed E-state index contributed by atoms with van der Waals surface area (Å²) in [7, 11) is 0. The van der Waals surface area contributed by atoms with Gasteiger partial charge in [0.15, 0.2) is 5.79 Å². The first-order valence-corrected chi connectivity index (χ1v) is 8.57. The van der Waals surface area contributed by atoms with Crippen LogP contribution >= 0.6 is 0 Å². The van der Waals surface area contributed by atoms with Gasteiger partial charge in [0.2, 0.25) is 0 Å². The van der Waals surface area contributed by atoms with E-state index in [9.17, 15) is 0 Å². The SMILES string of the molecule is c1ccc(C2(c3nnc4n3CCC3(CC4)OCCO3)CC2)cc1. The largest absolute Gasteiger partial charge is 0.347 e. The van der Waals surface area contributed by atoms with E-state index in [1.807, 2.05) is 0 Å². The van der Waals surface area contributed by atoms with Gasteiger partial charge in [-0.25, -0.2) is 0 Å². The lowest BCUT2D eigenvalue weighted by Gasteiger charge is -2.25. The first kappa shape index (κ1) is 13.7. The number of hydrogen-bond donors (Lipinski definition) is 0. The third kappa shape index (κ3) is 2.07. The van der Waals surface area contributed by atoms with Crippen LogP contribution in [-0.4, -0.2) is 33.8 Å². The first-order chi connectivity index (χ1) is 11.3. The Kier molecular flexibility index (Phi) is 2.91. The maximum Gasteiger partial charge on any atom is 0.170 e. The van der Waals surface area contributed by atoms with Crippen molar-refractivity contribution in [2.45, 2.75) is 49.9 Å². The number of aromatic nitrogens is 3. The number of nitrogens with zero attached hydrogens (tertiary/aromatic N) is 3. The predicted octanol–water partition coefficient (Wildman–Crippen LogP) is 2.44. The number of benzene rings is 1. The van der Waals surface area contributed by atoms with Crippen molar-refractivity contribution in [3.8, 4) is 0 Å². The van der Waals surface area contributed by atoms with E-state index >= 15 is 0 Å². The van der Waals surface area contributed by atoms with E-state index < -0.39 is 0 Å². The zero-order valence-electron chi connectivity index (χ0n) is 13.2. The predicted molar refractivity (Wildman–Crippen MR) is 84.1 cm³/mol. The van der Waals surface area contributed by atoms with E-state index in [-0.39, 0.29) is 11.2 Å². The van der Waals surface area contributed by atoms with Crippen LogP contribution in [0.25, 0.3) is 0 Å². The zero-order valence-corrected chi connectivity index (χ0v) is 13.2. The summed E-state index contributed by atoms with van der Waals surface area (Å²) in [5.74, 6) is 1.83. The molecule has 0 amide bonds. The molecule has 1 aromatic heterocycles. The molecule has 2 aromatic rings. The second kappa shape index (κ2) is 4.89. The summed E-state index contributed by atoms with van der Waals surface area (Å²) in [6.07, 6.45) is 4.96. The van der Waals surface area contributed by atoms with E-state index in [0.29, 0.717) is 13.2 Å². The van der Waals surface area contributed by atoms with Crippen LogP contribution in [0.4, 0.5) is 0 Å². The molecule has 2 fully saturated rings. The molecule has 1 saturated heterocycles. The summed E-state index contributed by atoms with van der Waals surface area (Å²) in [6.45, 7) is 2.30. The molecule has 0 N–H and O–H groups in total. The van der Waals surface area contributed by atoms with Crippen molar-refractivity contribution in [2.75, 3.05) is 13.2 Å². The third-order valence-electron chi connectivity index (χ3n) is 5.59. The highest BCUT2D eigenvalue weighted by Crippen LogP contribution is 2.53. The Bertz CT molecular complexity index is 715. The van der Waals surface area contributed by atoms with Gasteiger partial charge >= 0.3 is 0 Å². The minimum absolute atomic E-state index is 0.0708.